The van der Waals surface area contributed by atoms with Crippen molar-refractivity contribution in [3.05, 3.63) is 53.3 Å². The van der Waals surface area contributed by atoms with E-state index in [1.54, 1.807) is 0 Å². The third-order valence-corrected chi connectivity index (χ3v) is 3.00. The third-order valence-electron chi connectivity index (χ3n) is 2.70. The third kappa shape index (κ3) is 3.49. The van der Waals surface area contributed by atoms with Gasteiger partial charge in [-0.15, -0.1) is 0 Å². The van der Waals surface area contributed by atoms with Crippen LogP contribution in [0.15, 0.2) is 42.7 Å². The Bertz CT molecular complexity index is 673. The molecule has 0 aliphatic heterocycles. The van der Waals surface area contributed by atoms with Crippen LogP contribution in [-0.4, -0.2) is 33.6 Å². The quantitative estimate of drug-likeness (QED) is 0.903. The Hall–Kier alpha value is -2.60. The van der Waals surface area contributed by atoms with Crippen LogP contribution in [-0.2, 0) is 4.79 Å². The van der Waals surface area contributed by atoms with E-state index < -0.39 is 18.4 Å². The first kappa shape index (κ1) is 14.8. The molecule has 0 radical (unpaired) electrons. The van der Waals surface area contributed by atoms with Crippen molar-refractivity contribution in [2.75, 3.05) is 11.4 Å². The van der Waals surface area contributed by atoms with Gasteiger partial charge in [0.1, 0.15) is 12.3 Å². The molecule has 1 aromatic carbocycles. The van der Waals surface area contributed by atoms with Crippen molar-refractivity contribution in [2.24, 2.45) is 0 Å². The van der Waals surface area contributed by atoms with E-state index in [-0.39, 0.29) is 16.3 Å². The number of hydrogen-bond donors (Lipinski definition) is 2. The summed E-state index contributed by atoms with van der Waals surface area (Å²) in [4.78, 5) is 28.3. The van der Waals surface area contributed by atoms with Crippen LogP contribution in [0.2, 0.25) is 5.02 Å². The van der Waals surface area contributed by atoms with Crippen molar-refractivity contribution in [1.29, 1.82) is 0 Å². The normalized spacial score (nSPS) is 10.1. The first-order chi connectivity index (χ1) is 9.99. The summed E-state index contributed by atoms with van der Waals surface area (Å²) in [5.41, 5.74) is 0.495. The molecule has 0 saturated heterocycles. The number of halogens is 1. The number of aromatic hydroxyl groups is 1. The summed E-state index contributed by atoms with van der Waals surface area (Å²) in [5, 5.41) is 18.4. The molecule has 0 unspecified atom stereocenters. The van der Waals surface area contributed by atoms with Crippen molar-refractivity contribution in [3.8, 4) is 5.75 Å². The van der Waals surface area contributed by atoms with Gasteiger partial charge < -0.3 is 10.2 Å². The van der Waals surface area contributed by atoms with E-state index in [0.717, 1.165) is 4.90 Å². The Labute approximate surface area is 125 Å². The predicted octanol–water partition coefficient (Wildman–Crippen LogP) is 2.17. The number of carboxylic acids is 1. The largest absolute Gasteiger partial charge is 0.508 e. The molecule has 1 aromatic heterocycles. The number of carbonyl (C=O) groups is 2. The molecule has 0 saturated carbocycles. The van der Waals surface area contributed by atoms with Crippen molar-refractivity contribution < 1.29 is 19.8 Å². The Kier molecular flexibility index (Phi) is 4.39. The molecule has 0 aliphatic rings. The second kappa shape index (κ2) is 6.23. The number of phenols is 1. The van der Waals surface area contributed by atoms with Crippen LogP contribution in [0.4, 0.5) is 5.69 Å². The SMILES string of the molecule is O=C(O)CN(C(=O)c1ccncc1Cl)c1ccc(O)cc1. The minimum absolute atomic E-state index is 0.0171. The lowest BCUT2D eigenvalue weighted by Gasteiger charge is -2.21. The molecule has 0 aliphatic carbocycles. The van der Waals surface area contributed by atoms with Crippen molar-refractivity contribution in [3.63, 3.8) is 0 Å². The van der Waals surface area contributed by atoms with Crippen LogP contribution in [0.5, 0.6) is 5.75 Å². The molecule has 21 heavy (non-hydrogen) atoms. The van der Waals surface area contributed by atoms with Crippen LogP contribution in [0, 0.1) is 0 Å². The molecule has 108 valence electrons. The van der Waals surface area contributed by atoms with Gasteiger partial charge in [-0.2, -0.15) is 0 Å². The lowest BCUT2D eigenvalue weighted by molar-refractivity contribution is -0.135. The number of nitrogens with zero attached hydrogens (tertiary/aromatic N) is 2. The van der Waals surface area contributed by atoms with Crippen LogP contribution < -0.4 is 4.90 Å². The number of aromatic nitrogens is 1. The van der Waals surface area contributed by atoms with Gasteiger partial charge in [0.25, 0.3) is 5.91 Å². The van der Waals surface area contributed by atoms with E-state index in [2.05, 4.69) is 4.98 Å². The number of carbonyl (C=O) groups excluding carboxylic acids is 1. The van der Waals surface area contributed by atoms with Gasteiger partial charge in [0, 0.05) is 18.1 Å². The fraction of sp³-hybridized carbons (Fsp3) is 0.0714. The summed E-state index contributed by atoms with van der Waals surface area (Å²) in [6.07, 6.45) is 2.71. The fourth-order valence-electron chi connectivity index (χ4n) is 1.74. The van der Waals surface area contributed by atoms with Gasteiger partial charge in [0.15, 0.2) is 0 Å². The lowest BCUT2D eigenvalue weighted by Crippen LogP contribution is -2.35. The minimum Gasteiger partial charge on any atom is -0.508 e. The van der Waals surface area contributed by atoms with E-state index in [9.17, 15) is 14.7 Å². The standard InChI is InChI=1S/C14H11ClN2O4/c15-12-7-16-6-5-11(12)14(21)17(8-13(19)20)9-1-3-10(18)4-2-9/h1-7,18H,8H2,(H,19,20). The highest BCUT2D eigenvalue weighted by Gasteiger charge is 2.22. The topological polar surface area (TPSA) is 90.7 Å². The summed E-state index contributed by atoms with van der Waals surface area (Å²) < 4.78 is 0. The minimum atomic E-state index is -1.17. The Balaban J connectivity index is 2.40. The number of carboxylic acid groups (broad SMARTS) is 1. The molecule has 7 heteroatoms. The molecule has 0 spiro atoms. The highest BCUT2D eigenvalue weighted by molar-refractivity contribution is 6.34. The van der Waals surface area contributed by atoms with E-state index in [1.807, 2.05) is 0 Å². The summed E-state index contributed by atoms with van der Waals surface area (Å²) in [6.45, 7) is -0.526. The van der Waals surface area contributed by atoms with Crippen LogP contribution in [0.3, 0.4) is 0 Å². The maximum atomic E-state index is 12.5. The highest BCUT2D eigenvalue weighted by Crippen LogP contribution is 2.23. The van der Waals surface area contributed by atoms with Crippen LogP contribution in [0.1, 0.15) is 10.4 Å². The average molecular weight is 307 g/mol. The van der Waals surface area contributed by atoms with Crippen LogP contribution >= 0.6 is 11.6 Å². The van der Waals surface area contributed by atoms with Gasteiger partial charge >= 0.3 is 5.97 Å². The number of amides is 1. The van der Waals surface area contributed by atoms with E-state index in [0.29, 0.717) is 5.69 Å². The van der Waals surface area contributed by atoms with E-state index >= 15 is 0 Å². The van der Waals surface area contributed by atoms with Gasteiger partial charge in [0.2, 0.25) is 0 Å². The maximum Gasteiger partial charge on any atom is 0.323 e. The number of aliphatic carboxylic acids is 1. The highest BCUT2D eigenvalue weighted by atomic mass is 35.5. The van der Waals surface area contributed by atoms with Gasteiger partial charge in [-0.3, -0.25) is 19.5 Å². The van der Waals surface area contributed by atoms with Crippen molar-refractivity contribution in [1.82, 2.24) is 4.98 Å². The molecule has 1 amide bonds. The molecular weight excluding hydrogens is 296 g/mol. The first-order valence-corrected chi connectivity index (χ1v) is 6.29. The molecule has 2 aromatic rings. The van der Waals surface area contributed by atoms with Gasteiger partial charge in [-0.25, -0.2) is 0 Å². The Morgan fingerprint density at radius 1 is 1.19 bits per heavy atom. The molecule has 0 bridgehead atoms. The number of phenolic OH excluding ortho intramolecular Hbond substituents is 1. The maximum absolute atomic E-state index is 12.5. The number of hydrogen-bond acceptors (Lipinski definition) is 4. The Morgan fingerprint density at radius 3 is 2.43 bits per heavy atom. The number of benzene rings is 1. The summed E-state index contributed by atoms with van der Waals surface area (Å²) >= 11 is 5.91. The number of rotatable bonds is 4. The van der Waals surface area contributed by atoms with Gasteiger partial charge in [-0.05, 0) is 30.3 Å². The fourth-order valence-corrected chi connectivity index (χ4v) is 1.94. The van der Waals surface area contributed by atoms with Crippen molar-refractivity contribution in [2.45, 2.75) is 0 Å². The summed E-state index contributed by atoms with van der Waals surface area (Å²) in [6, 6.07) is 7.05. The number of anilines is 1. The second-order valence-corrected chi connectivity index (χ2v) is 4.56. The van der Waals surface area contributed by atoms with E-state index in [4.69, 9.17) is 16.7 Å². The predicted molar refractivity (Wildman–Crippen MR) is 76.7 cm³/mol. The zero-order valence-corrected chi connectivity index (χ0v) is 11.5. The van der Waals surface area contributed by atoms with Gasteiger partial charge in [-0.1, -0.05) is 11.6 Å². The van der Waals surface area contributed by atoms with Crippen LogP contribution in [0.25, 0.3) is 0 Å². The van der Waals surface area contributed by atoms with Gasteiger partial charge in [0.05, 0.1) is 10.6 Å². The summed E-state index contributed by atoms with van der Waals surface area (Å²) in [7, 11) is 0. The molecule has 0 fully saturated rings. The van der Waals surface area contributed by atoms with E-state index in [1.165, 1.54) is 42.7 Å². The monoisotopic (exact) mass is 306 g/mol. The van der Waals surface area contributed by atoms with Crippen molar-refractivity contribution >= 4 is 29.2 Å². The molecule has 2 rings (SSSR count). The lowest BCUT2D eigenvalue weighted by atomic mass is 10.2. The zero-order chi connectivity index (χ0) is 15.4. The molecule has 6 nitrogen and oxygen atoms in total. The zero-order valence-electron chi connectivity index (χ0n) is 10.7. The summed E-state index contributed by atoms with van der Waals surface area (Å²) in [5.74, 6) is -1.71. The number of pyridine rings is 1. The Morgan fingerprint density at radius 2 is 1.86 bits per heavy atom. The molecule has 0 atom stereocenters. The smallest absolute Gasteiger partial charge is 0.323 e. The molecular formula is C14H11ClN2O4. The molecule has 1 heterocycles. The first-order valence-electron chi connectivity index (χ1n) is 5.91. The second-order valence-electron chi connectivity index (χ2n) is 4.16. The average Bonchev–Trinajstić information content (AvgIpc) is 2.45. The molecule has 2 N–H and O–H groups in total.